The summed E-state index contributed by atoms with van der Waals surface area (Å²) in [5.74, 6) is 1.11. The van der Waals surface area contributed by atoms with Gasteiger partial charge in [-0.2, -0.15) is 4.98 Å². The molecule has 0 saturated carbocycles. The van der Waals surface area contributed by atoms with Crippen molar-refractivity contribution in [2.75, 3.05) is 38.3 Å². The molecule has 0 atom stereocenters. The zero-order valence-electron chi connectivity index (χ0n) is 18.7. The Morgan fingerprint density at radius 3 is 2.70 bits per heavy atom. The third-order valence-electron chi connectivity index (χ3n) is 6.42. The molecular weight excluding hydrogens is 424 g/mol. The van der Waals surface area contributed by atoms with E-state index in [1.807, 2.05) is 12.1 Å². The number of aromatic nitrogens is 5. The maximum atomic E-state index is 13.0. The number of nitrogens with zero attached hydrogens (tertiary/aromatic N) is 6. The molecule has 1 saturated heterocycles. The number of piperidine rings is 1. The van der Waals surface area contributed by atoms with E-state index in [1.54, 1.807) is 37.2 Å². The van der Waals surface area contributed by atoms with Crippen molar-refractivity contribution in [3.05, 3.63) is 56.9 Å². The molecule has 33 heavy (non-hydrogen) atoms. The van der Waals surface area contributed by atoms with Crippen LogP contribution in [0, 0.1) is 0 Å². The second-order valence-electron chi connectivity index (χ2n) is 8.28. The van der Waals surface area contributed by atoms with Gasteiger partial charge in [0.15, 0.2) is 5.65 Å². The summed E-state index contributed by atoms with van der Waals surface area (Å²) in [5, 5.41) is 0. The molecular formula is C23H26N6O4. The Bertz CT molecular complexity index is 1340. The molecule has 0 bridgehead atoms. The standard InChI is InChI=1S/C23H26N6O4/c1-27-18-13-16(15-6-11-33-12-7-15)14-25-20(18)29(22(31)21(27)30)17-4-9-28(10-5-17)23-24-8-3-19(26-23)32-2/h3,6,8,13-14,17H,4-5,7,9-12H2,1-2H3. The largest absolute Gasteiger partial charge is 0.481 e. The van der Waals surface area contributed by atoms with Gasteiger partial charge >= 0.3 is 11.1 Å². The van der Waals surface area contributed by atoms with Crippen molar-refractivity contribution in [2.24, 2.45) is 7.05 Å². The molecule has 0 unspecified atom stereocenters. The van der Waals surface area contributed by atoms with Crippen LogP contribution in [0.5, 0.6) is 5.88 Å². The van der Waals surface area contributed by atoms with E-state index in [0.717, 1.165) is 17.6 Å². The van der Waals surface area contributed by atoms with E-state index in [-0.39, 0.29) is 6.04 Å². The predicted octanol–water partition coefficient (Wildman–Crippen LogP) is 1.54. The number of hydrogen-bond acceptors (Lipinski definition) is 8. The van der Waals surface area contributed by atoms with Gasteiger partial charge in [-0.1, -0.05) is 6.08 Å². The van der Waals surface area contributed by atoms with E-state index in [9.17, 15) is 9.59 Å². The van der Waals surface area contributed by atoms with Gasteiger partial charge in [-0.3, -0.25) is 14.2 Å². The van der Waals surface area contributed by atoms with E-state index in [0.29, 0.717) is 62.1 Å². The predicted molar refractivity (Wildman–Crippen MR) is 124 cm³/mol. The molecule has 3 aromatic rings. The highest BCUT2D eigenvalue weighted by Crippen LogP contribution is 2.28. The summed E-state index contributed by atoms with van der Waals surface area (Å²) in [6.45, 7) is 2.55. The van der Waals surface area contributed by atoms with Gasteiger partial charge in [0.2, 0.25) is 11.8 Å². The summed E-state index contributed by atoms with van der Waals surface area (Å²) in [7, 11) is 3.20. The lowest BCUT2D eigenvalue weighted by atomic mass is 10.0. The van der Waals surface area contributed by atoms with Crippen LogP contribution in [-0.4, -0.2) is 57.5 Å². The van der Waals surface area contributed by atoms with E-state index in [1.165, 1.54) is 4.57 Å². The topological polar surface area (TPSA) is 104 Å². The fourth-order valence-corrected chi connectivity index (χ4v) is 4.56. The number of rotatable bonds is 4. The minimum atomic E-state index is -0.541. The van der Waals surface area contributed by atoms with E-state index in [4.69, 9.17) is 9.47 Å². The first kappa shape index (κ1) is 21.3. The summed E-state index contributed by atoms with van der Waals surface area (Å²) in [6, 6.07) is 3.53. The lowest BCUT2D eigenvalue weighted by Crippen LogP contribution is -2.45. The number of fused-ring (bicyclic) bond motifs is 1. The van der Waals surface area contributed by atoms with Crippen molar-refractivity contribution < 1.29 is 9.47 Å². The van der Waals surface area contributed by atoms with Crippen LogP contribution in [-0.2, 0) is 11.8 Å². The molecule has 0 aromatic carbocycles. The Morgan fingerprint density at radius 2 is 1.97 bits per heavy atom. The van der Waals surface area contributed by atoms with E-state index >= 15 is 0 Å². The minimum Gasteiger partial charge on any atom is -0.481 e. The van der Waals surface area contributed by atoms with Crippen molar-refractivity contribution in [3.8, 4) is 5.88 Å². The average Bonchev–Trinajstić information content (AvgIpc) is 2.88. The van der Waals surface area contributed by atoms with Crippen LogP contribution in [0.15, 0.2) is 40.2 Å². The second-order valence-corrected chi connectivity index (χ2v) is 8.28. The molecule has 10 nitrogen and oxygen atoms in total. The average molecular weight is 450 g/mol. The first-order valence-electron chi connectivity index (χ1n) is 11.1. The normalized spacial score (nSPS) is 17.3. The molecule has 0 radical (unpaired) electrons. The number of methoxy groups -OCH3 is 1. The van der Waals surface area contributed by atoms with Crippen LogP contribution in [0.3, 0.4) is 0 Å². The van der Waals surface area contributed by atoms with Gasteiger partial charge in [-0.25, -0.2) is 9.97 Å². The van der Waals surface area contributed by atoms with Crippen molar-refractivity contribution in [3.63, 3.8) is 0 Å². The molecule has 2 aliphatic rings. The molecule has 5 heterocycles. The van der Waals surface area contributed by atoms with Crippen LogP contribution < -0.4 is 20.8 Å². The van der Waals surface area contributed by atoms with Gasteiger partial charge < -0.3 is 18.9 Å². The smallest absolute Gasteiger partial charge is 0.318 e. The van der Waals surface area contributed by atoms with E-state index < -0.39 is 11.1 Å². The Labute approximate surface area is 190 Å². The van der Waals surface area contributed by atoms with Crippen LogP contribution in [0.2, 0.25) is 0 Å². The summed E-state index contributed by atoms with van der Waals surface area (Å²) in [5.41, 5.74) is 2.22. The van der Waals surface area contributed by atoms with Crippen LogP contribution in [0.25, 0.3) is 16.7 Å². The molecule has 5 rings (SSSR count). The van der Waals surface area contributed by atoms with Gasteiger partial charge in [-0.15, -0.1) is 0 Å². The van der Waals surface area contributed by atoms with Crippen molar-refractivity contribution in [1.29, 1.82) is 0 Å². The fourth-order valence-electron chi connectivity index (χ4n) is 4.56. The highest BCUT2D eigenvalue weighted by atomic mass is 16.5. The molecule has 3 aromatic heterocycles. The molecule has 0 N–H and O–H groups in total. The zero-order chi connectivity index (χ0) is 22.9. The lowest BCUT2D eigenvalue weighted by molar-refractivity contribution is 0.161. The summed E-state index contributed by atoms with van der Waals surface area (Å²) >= 11 is 0. The first-order valence-corrected chi connectivity index (χ1v) is 11.1. The Balaban J connectivity index is 1.48. The highest BCUT2D eigenvalue weighted by molar-refractivity contribution is 5.77. The fraction of sp³-hybridized carbons (Fsp3) is 0.435. The first-order chi connectivity index (χ1) is 16.1. The second kappa shape index (κ2) is 8.78. The molecule has 0 spiro atoms. The molecule has 172 valence electrons. The van der Waals surface area contributed by atoms with Crippen molar-refractivity contribution in [2.45, 2.75) is 25.3 Å². The zero-order valence-corrected chi connectivity index (χ0v) is 18.7. The summed E-state index contributed by atoms with van der Waals surface area (Å²) < 4.78 is 13.6. The monoisotopic (exact) mass is 450 g/mol. The number of aryl methyl sites for hydroxylation is 1. The number of anilines is 1. The molecule has 0 aliphatic carbocycles. The SMILES string of the molecule is COc1ccnc(N2CCC(n3c(=O)c(=O)n(C)c4cc(C5=CCOCC5)cnc43)CC2)n1. The lowest BCUT2D eigenvalue weighted by Gasteiger charge is -2.33. The third kappa shape index (κ3) is 3.91. The Kier molecular flexibility index (Phi) is 5.67. The third-order valence-corrected chi connectivity index (χ3v) is 6.42. The maximum Gasteiger partial charge on any atom is 0.318 e. The van der Waals surface area contributed by atoms with Gasteiger partial charge in [0, 0.05) is 44.6 Å². The Morgan fingerprint density at radius 1 is 1.15 bits per heavy atom. The Hall–Kier alpha value is -3.53. The van der Waals surface area contributed by atoms with Crippen LogP contribution in [0.1, 0.15) is 30.9 Å². The number of ether oxygens (including phenoxy) is 2. The molecule has 1 fully saturated rings. The quantitative estimate of drug-likeness (QED) is 0.552. The highest BCUT2D eigenvalue weighted by Gasteiger charge is 2.26. The minimum absolute atomic E-state index is 0.128. The summed E-state index contributed by atoms with van der Waals surface area (Å²) in [6.07, 6.45) is 7.65. The molecule has 2 aliphatic heterocycles. The van der Waals surface area contributed by atoms with Gasteiger partial charge in [-0.05, 0) is 36.5 Å². The van der Waals surface area contributed by atoms with Crippen LogP contribution >= 0.6 is 0 Å². The van der Waals surface area contributed by atoms with E-state index in [2.05, 4.69) is 19.9 Å². The number of hydrogen-bond donors (Lipinski definition) is 0. The van der Waals surface area contributed by atoms with Gasteiger partial charge in [0.25, 0.3) is 0 Å². The van der Waals surface area contributed by atoms with Gasteiger partial charge in [0.1, 0.15) is 0 Å². The van der Waals surface area contributed by atoms with Gasteiger partial charge in [0.05, 0.1) is 25.8 Å². The number of pyridine rings is 1. The molecule has 0 amide bonds. The van der Waals surface area contributed by atoms with Crippen molar-refractivity contribution >= 4 is 22.7 Å². The summed E-state index contributed by atoms with van der Waals surface area (Å²) in [4.78, 5) is 41.3. The maximum absolute atomic E-state index is 13.0. The molecule has 10 heteroatoms. The van der Waals surface area contributed by atoms with Crippen LogP contribution in [0.4, 0.5) is 5.95 Å². The van der Waals surface area contributed by atoms with Crippen molar-refractivity contribution in [1.82, 2.24) is 24.1 Å².